The average Bonchev–Trinajstić information content (AvgIpc) is 2.96. The van der Waals surface area contributed by atoms with Gasteiger partial charge in [-0.2, -0.15) is 0 Å². The first-order valence-electron chi connectivity index (χ1n) is 15.3. The summed E-state index contributed by atoms with van der Waals surface area (Å²) in [4.78, 5) is 10.2. The van der Waals surface area contributed by atoms with Crippen molar-refractivity contribution < 1.29 is 10.4 Å². The Labute approximate surface area is 218 Å². The van der Waals surface area contributed by atoms with Crippen LogP contribution in [0.5, 0.6) is 0 Å². The molecule has 6 heteroatoms. The Kier molecular flexibility index (Phi) is 11.3. The van der Waals surface area contributed by atoms with Gasteiger partial charge < -0.3 is 10.4 Å². The third-order valence-corrected chi connectivity index (χ3v) is 9.37. The van der Waals surface area contributed by atoms with E-state index in [1.54, 1.807) is 0 Å². The highest BCUT2D eigenvalue weighted by molar-refractivity contribution is 6.44. The first kappa shape index (κ1) is 27.3. The van der Waals surface area contributed by atoms with E-state index in [1.165, 1.54) is 77.0 Å². The third kappa shape index (κ3) is 7.41. The molecule has 6 nitrogen and oxygen atoms in total. The zero-order valence-electron chi connectivity index (χ0n) is 22.5. The van der Waals surface area contributed by atoms with Gasteiger partial charge in [0.25, 0.3) is 0 Å². The molecule has 0 spiro atoms. The first-order chi connectivity index (χ1) is 17.8. The van der Waals surface area contributed by atoms with Crippen molar-refractivity contribution in [2.45, 2.75) is 128 Å². The molecule has 0 atom stereocenters. The van der Waals surface area contributed by atoms with Crippen molar-refractivity contribution in [1.29, 1.82) is 0 Å². The molecule has 0 saturated heterocycles. The summed E-state index contributed by atoms with van der Waals surface area (Å²) in [6.07, 6.45) is 24.2. The summed E-state index contributed by atoms with van der Waals surface area (Å²) >= 11 is 0. The van der Waals surface area contributed by atoms with Gasteiger partial charge in [0.1, 0.15) is 11.4 Å². The van der Waals surface area contributed by atoms with Crippen molar-refractivity contribution in [2.75, 3.05) is 13.1 Å². The molecule has 0 aliphatic heterocycles. The van der Waals surface area contributed by atoms with Crippen molar-refractivity contribution in [3.8, 4) is 0 Å². The van der Waals surface area contributed by atoms with E-state index in [0.717, 1.165) is 74.2 Å². The monoisotopic (exact) mass is 498 g/mol. The zero-order valence-corrected chi connectivity index (χ0v) is 22.5. The molecule has 0 heterocycles. The molecule has 4 aliphatic carbocycles. The molecule has 4 saturated carbocycles. The molecular weight excluding hydrogens is 448 g/mol. The van der Waals surface area contributed by atoms with Crippen LogP contribution in [-0.4, -0.2) is 46.4 Å². The Morgan fingerprint density at radius 1 is 0.389 bits per heavy atom. The lowest BCUT2D eigenvalue weighted by molar-refractivity contribution is 0.310. The predicted octanol–water partition coefficient (Wildman–Crippen LogP) is 7.85. The number of rotatable bonds is 9. The highest BCUT2D eigenvalue weighted by Crippen LogP contribution is 2.32. The van der Waals surface area contributed by atoms with Crippen LogP contribution in [0.15, 0.2) is 20.3 Å². The number of nitrogens with zero attached hydrogens (tertiary/aromatic N) is 4. The largest absolute Gasteiger partial charge is 0.411 e. The second kappa shape index (κ2) is 14.9. The fourth-order valence-electron chi connectivity index (χ4n) is 7.37. The van der Waals surface area contributed by atoms with Gasteiger partial charge in [-0.3, -0.25) is 9.98 Å². The molecule has 2 N–H and O–H groups in total. The lowest BCUT2D eigenvalue weighted by Gasteiger charge is -2.29. The lowest BCUT2D eigenvalue weighted by Crippen LogP contribution is -2.34. The molecule has 4 aliphatic rings. The van der Waals surface area contributed by atoms with E-state index in [9.17, 15) is 10.4 Å². The summed E-state index contributed by atoms with van der Waals surface area (Å²) in [5.74, 6) is 1.55. The second-order valence-electron chi connectivity index (χ2n) is 11.8. The van der Waals surface area contributed by atoms with Crippen LogP contribution in [0.1, 0.15) is 128 Å². The Morgan fingerprint density at radius 2 is 0.639 bits per heavy atom. The fourth-order valence-corrected chi connectivity index (χ4v) is 7.37. The number of aliphatic imine (C=N–C) groups is 2. The predicted molar refractivity (Wildman–Crippen MR) is 149 cm³/mol. The second-order valence-corrected chi connectivity index (χ2v) is 11.8. The summed E-state index contributed by atoms with van der Waals surface area (Å²) in [6.45, 7) is 1.24. The Hall–Kier alpha value is -1.72. The minimum Gasteiger partial charge on any atom is -0.411 e. The van der Waals surface area contributed by atoms with Gasteiger partial charge in [0, 0.05) is 23.7 Å². The SMILES string of the molecule is ON=C(C(=NCCN=C(C(=NO)C1CCCCC1)C1CCCCC1)C1CCCCC1)C1CCCCC1. The maximum absolute atomic E-state index is 10.1. The zero-order chi connectivity index (χ0) is 25.0. The molecule has 0 aromatic heterocycles. The van der Waals surface area contributed by atoms with Crippen molar-refractivity contribution in [1.82, 2.24) is 0 Å². The standard InChI is InChI=1S/C30H50N4O2/c35-33-29(25-17-9-3-10-18-25)27(23-13-5-1-6-14-23)31-21-22-32-28(24-15-7-2-8-16-24)30(34-36)26-19-11-4-12-20-26/h23-26,35-36H,1-22H2. The Morgan fingerprint density at radius 3 is 0.889 bits per heavy atom. The van der Waals surface area contributed by atoms with Crippen LogP contribution in [-0.2, 0) is 0 Å². The minimum absolute atomic E-state index is 0.352. The van der Waals surface area contributed by atoms with Gasteiger partial charge >= 0.3 is 0 Å². The maximum atomic E-state index is 10.1. The van der Waals surface area contributed by atoms with E-state index < -0.39 is 0 Å². The fraction of sp³-hybridized carbons (Fsp3) is 0.867. The van der Waals surface area contributed by atoms with Crippen molar-refractivity contribution in [2.24, 2.45) is 44.0 Å². The molecule has 0 bridgehead atoms. The molecule has 0 radical (unpaired) electrons. The van der Waals surface area contributed by atoms with Gasteiger partial charge in [0.15, 0.2) is 0 Å². The van der Waals surface area contributed by atoms with Crippen LogP contribution in [0.3, 0.4) is 0 Å². The van der Waals surface area contributed by atoms with E-state index >= 15 is 0 Å². The number of oxime groups is 2. The molecule has 4 rings (SSSR count). The number of hydrogen-bond donors (Lipinski definition) is 2. The van der Waals surface area contributed by atoms with Crippen LogP contribution in [0.2, 0.25) is 0 Å². The third-order valence-electron chi connectivity index (χ3n) is 9.37. The van der Waals surface area contributed by atoms with Crippen molar-refractivity contribution in [3.05, 3.63) is 0 Å². The van der Waals surface area contributed by atoms with E-state index in [-0.39, 0.29) is 0 Å². The lowest BCUT2D eigenvalue weighted by atomic mass is 9.77. The molecule has 4 fully saturated rings. The van der Waals surface area contributed by atoms with Gasteiger partial charge in [-0.05, 0) is 51.4 Å². The molecule has 202 valence electrons. The quantitative estimate of drug-likeness (QED) is 0.147. The summed E-state index contributed by atoms with van der Waals surface area (Å²) in [5, 5.41) is 27.9. The first-order valence-corrected chi connectivity index (χ1v) is 15.3. The van der Waals surface area contributed by atoms with E-state index in [1.807, 2.05) is 0 Å². The van der Waals surface area contributed by atoms with Gasteiger partial charge in [0.2, 0.25) is 0 Å². The van der Waals surface area contributed by atoms with Crippen LogP contribution in [0.25, 0.3) is 0 Å². The van der Waals surface area contributed by atoms with E-state index in [4.69, 9.17) is 9.98 Å². The highest BCUT2D eigenvalue weighted by Gasteiger charge is 2.31. The molecule has 0 amide bonds. The highest BCUT2D eigenvalue weighted by atomic mass is 16.4. The Bertz CT molecular complexity index is 713. The molecule has 0 aromatic rings. The molecular formula is C30H50N4O2. The molecule has 0 unspecified atom stereocenters. The van der Waals surface area contributed by atoms with Crippen molar-refractivity contribution >= 4 is 22.8 Å². The molecule has 0 aromatic carbocycles. The van der Waals surface area contributed by atoms with Gasteiger partial charge in [0.05, 0.1) is 24.5 Å². The normalized spacial score (nSPS) is 25.9. The minimum atomic E-state index is 0.352. The van der Waals surface area contributed by atoms with E-state index in [0.29, 0.717) is 36.8 Å². The van der Waals surface area contributed by atoms with Gasteiger partial charge in [-0.1, -0.05) is 87.4 Å². The summed E-state index contributed by atoms with van der Waals surface area (Å²) in [6, 6.07) is 0. The van der Waals surface area contributed by atoms with Crippen LogP contribution < -0.4 is 0 Å². The molecule has 36 heavy (non-hydrogen) atoms. The van der Waals surface area contributed by atoms with Gasteiger partial charge in [-0.25, -0.2) is 0 Å². The smallest absolute Gasteiger partial charge is 0.104 e. The summed E-state index contributed by atoms with van der Waals surface area (Å²) in [5.41, 5.74) is 3.89. The summed E-state index contributed by atoms with van der Waals surface area (Å²) in [7, 11) is 0. The summed E-state index contributed by atoms with van der Waals surface area (Å²) < 4.78 is 0. The van der Waals surface area contributed by atoms with E-state index in [2.05, 4.69) is 10.3 Å². The van der Waals surface area contributed by atoms with Gasteiger partial charge in [-0.15, -0.1) is 0 Å². The van der Waals surface area contributed by atoms with Crippen LogP contribution in [0.4, 0.5) is 0 Å². The average molecular weight is 499 g/mol. The Balaban J connectivity index is 1.51. The topological polar surface area (TPSA) is 89.9 Å². The number of hydrogen-bond acceptors (Lipinski definition) is 6. The maximum Gasteiger partial charge on any atom is 0.104 e. The van der Waals surface area contributed by atoms with Crippen LogP contribution in [0, 0.1) is 23.7 Å². The van der Waals surface area contributed by atoms with Crippen LogP contribution >= 0.6 is 0 Å². The van der Waals surface area contributed by atoms with Crippen molar-refractivity contribution in [3.63, 3.8) is 0 Å².